The second-order valence-electron chi connectivity index (χ2n) is 9.56. The Balaban J connectivity index is 2.21. The third kappa shape index (κ3) is 3.99. The smallest absolute Gasteiger partial charge is 0.399 e. The Labute approximate surface area is 207 Å². The zero-order chi connectivity index (χ0) is 25.3. The molecule has 0 radical (unpaired) electrons. The molecule has 4 nitrogen and oxygen atoms in total. The van der Waals surface area contributed by atoms with Crippen molar-refractivity contribution in [2.75, 3.05) is 0 Å². The summed E-state index contributed by atoms with van der Waals surface area (Å²) in [6, 6.07) is 8.78. The molecule has 0 aliphatic heterocycles. The molecular weight excluding hydrogens is 526 g/mol. The molecule has 0 saturated heterocycles. The largest absolute Gasteiger partial charge is 0.422 e. The van der Waals surface area contributed by atoms with Crippen LogP contribution in [0.15, 0.2) is 41.3 Å². The van der Waals surface area contributed by atoms with E-state index in [9.17, 15) is 21.6 Å². The number of halogens is 5. The zero-order valence-corrected chi connectivity index (χ0v) is 22.4. The van der Waals surface area contributed by atoms with Gasteiger partial charge in [0, 0.05) is 5.39 Å². The van der Waals surface area contributed by atoms with Crippen LogP contribution in [0.1, 0.15) is 29.7 Å². The van der Waals surface area contributed by atoms with Gasteiger partial charge in [0.1, 0.15) is 0 Å². The van der Waals surface area contributed by atoms with Crippen molar-refractivity contribution < 1.29 is 26.0 Å². The van der Waals surface area contributed by atoms with Crippen LogP contribution in [-0.4, -0.2) is 26.9 Å². The second kappa shape index (κ2) is 8.26. The maximum absolute atomic E-state index is 15.0. The molecule has 1 unspecified atom stereocenters. The highest BCUT2D eigenvalue weighted by atomic mass is 35.5. The molecule has 11 heteroatoms. The molecule has 0 amide bonds. The van der Waals surface area contributed by atoms with Crippen molar-refractivity contribution in [1.29, 1.82) is 0 Å². The standard InChI is InChI=1S/C23H24Cl2F3NO3SSi/c1-14-7-9-15(10-8-14)33(30,31)29-18-12-11-17(24)20(25)19(18)16-6-5-13-22(21(16)29,23(26,27)28)32-34(2,3)4/h7-12H,5-6,13H2,1-4H3. The molecule has 0 bridgehead atoms. The summed E-state index contributed by atoms with van der Waals surface area (Å²) in [7, 11) is -7.27. The maximum Gasteiger partial charge on any atom is 0.422 e. The number of hydrogen-bond acceptors (Lipinski definition) is 3. The van der Waals surface area contributed by atoms with E-state index in [1.807, 2.05) is 0 Å². The van der Waals surface area contributed by atoms with Crippen LogP contribution in [-0.2, 0) is 26.5 Å². The van der Waals surface area contributed by atoms with Gasteiger partial charge >= 0.3 is 6.18 Å². The summed E-state index contributed by atoms with van der Waals surface area (Å²) < 4.78 is 79.5. The number of fused-ring (bicyclic) bond motifs is 3. The van der Waals surface area contributed by atoms with E-state index in [1.54, 1.807) is 38.7 Å². The minimum absolute atomic E-state index is 0.0271. The van der Waals surface area contributed by atoms with Gasteiger partial charge in [0.05, 0.1) is 26.2 Å². The number of hydrogen-bond donors (Lipinski definition) is 0. The van der Waals surface area contributed by atoms with Gasteiger partial charge in [-0.2, -0.15) is 13.2 Å². The van der Waals surface area contributed by atoms with Crippen LogP contribution in [0, 0.1) is 6.92 Å². The van der Waals surface area contributed by atoms with Gasteiger partial charge in [-0.1, -0.05) is 40.9 Å². The van der Waals surface area contributed by atoms with Gasteiger partial charge in [-0.25, -0.2) is 12.4 Å². The van der Waals surface area contributed by atoms with Crippen LogP contribution in [0.5, 0.6) is 0 Å². The first-order valence-corrected chi connectivity index (χ1v) is 16.3. The highest BCUT2D eigenvalue weighted by molar-refractivity contribution is 7.90. The molecule has 0 N–H and O–H groups in total. The fourth-order valence-electron chi connectivity index (χ4n) is 4.66. The minimum atomic E-state index is -4.87. The predicted octanol–water partition coefficient (Wildman–Crippen LogP) is 7.44. The van der Waals surface area contributed by atoms with E-state index in [0.717, 1.165) is 9.54 Å². The summed E-state index contributed by atoms with van der Waals surface area (Å²) in [6.07, 6.45) is -4.88. The lowest BCUT2D eigenvalue weighted by Crippen LogP contribution is -2.53. The van der Waals surface area contributed by atoms with Crippen molar-refractivity contribution in [3.63, 3.8) is 0 Å². The van der Waals surface area contributed by atoms with Crippen LogP contribution < -0.4 is 0 Å². The highest BCUT2D eigenvalue weighted by Crippen LogP contribution is 2.55. The summed E-state index contributed by atoms with van der Waals surface area (Å²) in [5, 5.41) is 0.378. The fourth-order valence-corrected chi connectivity index (χ4v) is 8.05. The first-order chi connectivity index (χ1) is 15.6. The number of aryl methyl sites for hydroxylation is 2. The third-order valence-corrected chi connectivity index (χ3v) is 9.41. The number of rotatable bonds is 4. The number of nitrogens with zero attached hydrogens (tertiary/aromatic N) is 1. The first kappa shape index (κ1) is 25.6. The topological polar surface area (TPSA) is 48.3 Å². The summed E-state index contributed by atoms with van der Waals surface area (Å²) in [4.78, 5) is -0.126. The van der Waals surface area contributed by atoms with E-state index in [1.165, 1.54) is 24.3 Å². The van der Waals surface area contributed by atoms with Crippen molar-refractivity contribution in [3.05, 3.63) is 63.3 Å². The molecule has 34 heavy (non-hydrogen) atoms. The van der Waals surface area contributed by atoms with Crippen LogP contribution in [0.2, 0.25) is 29.7 Å². The minimum Gasteiger partial charge on any atom is -0.399 e. The number of benzene rings is 2. The van der Waals surface area contributed by atoms with Crippen LogP contribution in [0.4, 0.5) is 13.2 Å². The lowest BCUT2D eigenvalue weighted by atomic mass is 9.82. The molecule has 1 heterocycles. The molecule has 3 aromatic rings. The van der Waals surface area contributed by atoms with Crippen molar-refractivity contribution >= 4 is 52.4 Å². The summed E-state index contributed by atoms with van der Waals surface area (Å²) >= 11 is 12.7. The Morgan fingerprint density at radius 2 is 1.68 bits per heavy atom. The van der Waals surface area contributed by atoms with E-state index in [0.29, 0.717) is 0 Å². The lowest BCUT2D eigenvalue weighted by molar-refractivity contribution is -0.264. The summed E-state index contributed by atoms with van der Waals surface area (Å²) in [5.41, 5.74) is -2.14. The molecule has 2 aromatic carbocycles. The van der Waals surface area contributed by atoms with Crippen molar-refractivity contribution in [2.45, 2.75) is 62.5 Å². The second-order valence-corrected chi connectivity index (χ2v) is 16.6. The average molecular weight is 551 g/mol. The molecule has 0 saturated carbocycles. The van der Waals surface area contributed by atoms with Crippen LogP contribution in [0.3, 0.4) is 0 Å². The molecule has 0 fully saturated rings. The Hall–Kier alpha value is -1.52. The normalized spacial score (nSPS) is 19.4. The zero-order valence-electron chi connectivity index (χ0n) is 19.1. The lowest BCUT2D eigenvalue weighted by Gasteiger charge is -2.43. The molecule has 1 atom stereocenters. The van der Waals surface area contributed by atoms with Crippen molar-refractivity contribution in [2.24, 2.45) is 0 Å². The van der Waals surface area contributed by atoms with Crippen LogP contribution in [0.25, 0.3) is 10.9 Å². The Morgan fingerprint density at radius 3 is 2.24 bits per heavy atom. The van der Waals surface area contributed by atoms with Crippen molar-refractivity contribution in [1.82, 2.24) is 3.97 Å². The number of aromatic nitrogens is 1. The molecule has 4 rings (SSSR count). The molecule has 184 valence electrons. The van der Waals surface area contributed by atoms with Gasteiger partial charge in [0.15, 0.2) is 13.9 Å². The van der Waals surface area contributed by atoms with Gasteiger partial charge in [0.2, 0.25) is 0 Å². The fraction of sp³-hybridized carbons (Fsp3) is 0.391. The van der Waals surface area contributed by atoms with E-state index < -0.39 is 42.2 Å². The highest BCUT2D eigenvalue weighted by Gasteiger charge is 2.63. The third-order valence-electron chi connectivity index (χ3n) is 5.92. The van der Waals surface area contributed by atoms with Gasteiger partial charge in [-0.05, 0) is 75.7 Å². The molecule has 0 spiro atoms. The van der Waals surface area contributed by atoms with E-state index in [-0.39, 0.29) is 44.2 Å². The predicted molar refractivity (Wildman–Crippen MR) is 131 cm³/mol. The van der Waals surface area contributed by atoms with Gasteiger partial charge < -0.3 is 4.43 Å². The SMILES string of the molecule is Cc1ccc(S(=O)(=O)n2c3c(c4c(Cl)c(Cl)ccc42)CCCC3(O[Si](C)(C)C)C(F)(F)F)cc1. The van der Waals surface area contributed by atoms with Crippen molar-refractivity contribution in [3.8, 4) is 0 Å². The quantitative estimate of drug-likeness (QED) is 0.317. The van der Waals surface area contributed by atoms with E-state index >= 15 is 0 Å². The summed E-state index contributed by atoms with van der Waals surface area (Å²) in [6.45, 7) is 6.75. The molecule has 1 aromatic heterocycles. The summed E-state index contributed by atoms with van der Waals surface area (Å²) in [5.74, 6) is 0. The molecule has 1 aliphatic rings. The van der Waals surface area contributed by atoms with Gasteiger partial charge in [0.25, 0.3) is 10.0 Å². The first-order valence-electron chi connectivity index (χ1n) is 10.7. The Kier molecular flexibility index (Phi) is 6.21. The van der Waals surface area contributed by atoms with E-state index in [4.69, 9.17) is 27.6 Å². The van der Waals surface area contributed by atoms with Crippen LogP contribution >= 0.6 is 23.2 Å². The van der Waals surface area contributed by atoms with Gasteiger partial charge in [-0.15, -0.1) is 0 Å². The molecular formula is C23H24Cl2F3NO3SSi. The maximum atomic E-state index is 15.0. The van der Waals surface area contributed by atoms with Gasteiger partial charge in [-0.3, -0.25) is 0 Å². The van der Waals surface area contributed by atoms with E-state index in [2.05, 4.69) is 0 Å². The number of alkyl halides is 3. The average Bonchev–Trinajstić information content (AvgIpc) is 3.06. The molecule has 1 aliphatic carbocycles. The Bertz CT molecular complexity index is 1380. The Morgan fingerprint density at radius 1 is 1.06 bits per heavy atom. The monoisotopic (exact) mass is 549 g/mol.